The molecule has 1 saturated carbocycles. The number of aromatic amines is 1. The van der Waals surface area contributed by atoms with Crippen molar-refractivity contribution < 1.29 is 41.8 Å². The fourth-order valence-corrected chi connectivity index (χ4v) is 15.1. The van der Waals surface area contributed by atoms with Crippen LogP contribution < -0.4 is 29.3 Å². The van der Waals surface area contributed by atoms with Gasteiger partial charge in [-0.2, -0.15) is 4.98 Å². The lowest BCUT2D eigenvalue weighted by Gasteiger charge is -2.56. The smallest absolute Gasteiger partial charge is 0.297 e. The lowest BCUT2D eigenvalue weighted by Crippen LogP contribution is -2.62. The number of nitro benzene ring substituents is 1. The van der Waals surface area contributed by atoms with Gasteiger partial charge in [-0.15, -0.1) is 5.92 Å². The number of nitro groups is 1. The maximum absolute atomic E-state index is 14.9. The summed E-state index contributed by atoms with van der Waals surface area (Å²) in [6.07, 6.45) is 8.29. The van der Waals surface area contributed by atoms with Gasteiger partial charge in [-0.1, -0.05) is 30.2 Å². The Morgan fingerprint density at radius 3 is 2.53 bits per heavy atom. The van der Waals surface area contributed by atoms with Crippen LogP contribution in [0.2, 0.25) is 0 Å². The molecule has 13 rings (SSSR count). The number of morpholine rings is 1. The van der Waals surface area contributed by atoms with Crippen LogP contribution in [0.5, 0.6) is 11.6 Å². The van der Waals surface area contributed by atoms with Crippen molar-refractivity contribution in [3.8, 4) is 23.5 Å². The Kier molecular flexibility index (Phi) is 13.3. The Labute approximate surface area is 460 Å². The molecule has 1 aliphatic carbocycles. The van der Waals surface area contributed by atoms with Crippen molar-refractivity contribution >= 4 is 55.4 Å². The first kappa shape index (κ1) is 51.9. The fraction of sp³-hybridized carbons (Fsp3) is 0.525. The van der Waals surface area contributed by atoms with E-state index in [0.717, 1.165) is 68.9 Å². The molecule has 19 nitrogen and oxygen atoms in total. The monoisotopic (exact) mass is 1100 g/mol. The van der Waals surface area contributed by atoms with E-state index in [4.69, 9.17) is 28.7 Å². The Hall–Kier alpha value is -6.47. The summed E-state index contributed by atoms with van der Waals surface area (Å²) in [5, 5.41) is 16.8. The minimum atomic E-state index is -4.74. The molecule has 0 radical (unpaired) electrons. The molecule has 3 N–H and O–H groups in total. The number of nitrogens with zero attached hydrogens (tertiary/aromatic N) is 6. The lowest BCUT2D eigenvalue weighted by atomic mass is 9.59. The highest BCUT2D eigenvalue weighted by Gasteiger charge is 2.51. The number of carbonyl (C=O) groups is 1. The first-order valence-electron chi connectivity index (χ1n) is 28.1. The molecule has 20 heteroatoms. The number of aromatic nitrogens is 2. The zero-order valence-corrected chi connectivity index (χ0v) is 46.1. The molecule has 8 aliphatic rings. The largest absolute Gasteiger partial charge is 0.489 e. The molecule has 6 atom stereocenters. The third-order valence-corrected chi connectivity index (χ3v) is 19.7. The third-order valence-electron chi connectivity index (χ3n) is 18.4. The van der Waals surface area contributed by atoms with Crippen molar-refractivity contribution in [3.63, 3.8) is 0 Å². The molecule has 416 valence electrons. The minimum absolute atomic E-state index is 0.0137. The molecule has 1 spiro atoms. The van der Waals surface area contributed by atoms with E-state index >= 15 is 0 Å². The number of ether oxygens (including phenoxy) is 5. The van der Waals surface area contributed by atoms with Gasteiger partial charge < -0.3 is 43.8 Å². The number of carbonyl (C=O) groups excluding carboxylic acids is 1. The van der Waals surface area contributed by atoms with Crippen molar-refractivity contribution in [1.29, 1.82) is 0 Å². The normalized spacial score (nSPS) is 26.3. The fourth-order valence-electron chi connectivity index (χ4n) is 14.1. The molecule has 0 bridgehead atoms. The topological polar surface area (TPSA) is 206 Å². The number of amides is 1. The zero-order valence-electron chi connectivity index (χ0n) is 45.2. The van der Waals surface area contributed by atoms with Gasteiger partial charge in [0.15, 0.2) is 11.4 Å². The molecule has 5 saturated heterocycles. The molecule has 7 aliphatic heterocycles. The molecule has 5 aromatic rings. The number of hydrogen-bond acceptors (Lipinski definition) is 16. The van der Waals surface area contributed by atoms with Crippen LogP contribution in [0, 0.1) is 27.4 Å². The molecule has 1 amide bonds. The van der Waals surface area contributed by atoms with E-state index in [1.165, 1.54) is 23.6 Å². The van der Waals surface area contributed by atoms with Crippen LogP contribution >= 0.6 is 0 Å². The lowest BCUT2D eigenvalue weighted by molar-refractivity contribution is -0.384. The number of likely N-dealkylation sites (tertiary alicyclic amines) is 1. The molecular formula is C59H69N9O10S. The zero-order chi connectivity index (χ0) is 54.4. The highest BCUT2D eigenvalue weighted by atomic mass is 32.2. The summed E-state index contributed by atoms with van der Waals surface area (Å²) in [4.78, 5) is 44.2. The number of benzene rings is 3. The average Bonchev–Trinajstić information content (AvgIpc) is 4.18. The second-order valence-corrected chi connectivity index (χ2v) is 25.3. The van der Waals surface area contributed by atoms with Crippen LogP contribution in [-0.2, 0) is 29.6 Å². The van der Waals surface area contributed by atoms with Crippen LogP contribution in [0.15, 0.2) is 77.8 Å². The Morgan fingerprint density at radius 1 is 0.924 bits per heavy atom. The predicted molar refractivity (Wildman–Crippen MR) is 298 cm³/mol. The number of pyridine rings is 1. The van der Waals surface area contributed by atoms with Gasteiger partial charge in [-0.3, -0.25) is 24.7 Å². The van der Waals surface area contributed by atoms with Crippen LogP contribution in [0.25, 0.3) is 11.0 Å². The number of rotatable bonds is 11. The van der Waals surface area contributed by atoms with Crippen LogP contribution in [-0.4, -0.2) is 147 Å². The van der Waals surface area contributed by atoms with E-state index < -0.39 is 43.6 Å². The van der Waals surface area contributed by atoms with E-state index in [-0.39, 0.29) is 58.7 Å². The second-order valence-electron chi connectivity index (χ2n) is 23.6. The number of sulfonamides is 1. The number of piperidine rings is 1. The summed E-state index contributed by atoms with van der Waals surface area (Å²) in [5.74, 6) is 6.08. The van der Waals surface area contributed by atoms with Gasteiger partial charge in [-0.25, -0.2) is 13.1 Å². The quantitative estimate of drug-likeness (QED) is 0.0655. The maximum Gasteiger partial charge on any atom is 0.297 e. The van der Waals surface area contributed by atoms with Gasteiger partial charge in [-0.05, 0) is 126 Å². The number of nitrogens with one attached hydrogen (secondary N) is 3. The summed E-state index contributed by atoms with van der Waals surface area (Å²) in [6, 6.07) is 21.2. The van der Waals surface area contributed by atoms with Gasteiger partial charge in [0, 0.05) is 73.8 Å². The minimum Gasteiger partial charge on any atom is -0.489 e. The standard InChI is InChI=1S/C59H69N9O10S/c1-5-16-58(3,4)44-10-7-6-9-42(44)46-11-8-20-65(46)39-28-59(29-39)17-21-64(22-18-59)38-12-13-43(48(25-38)67-47-15-23-74-35-53(47)78-57-50(67)24-37-14-19-60-55(37)62-57)56(69)63-79(72,73)41-26-49(68(70)71)54-51(27-41)77-34-45(61-54)52-30-66(36(2)31-76-52)40-32-75-33-40/h6-7,9-10,12-14,19,24-27,36,39-40,45-47,52-53,61H,8,11,15,17-18,20-23,28-35H2,1-4H3,(H,60,62)(H,63,69)/t36-,45+,46+,47-,52-,53+/m1/s1. The van der Waals surface area contributed by atoms with Crippen molar-refractivity contribution in [2.45, 2.75) is 131 Å². The number of hydrogen-bond donors (Lipinski definition) is 3. The van der Waals surface area contributed by atoms with Gasteiger partial charge >= 0.3 is 0 Å². The van der Waals surface area contributed by atoms with Crippen molar-refractivity contribution in [1.82, 2.24) is 24.5 Å². The predicted octanol–water partition coefficient (Wildman–Crippen LogP) is 7.83. The van der Waals surface area contributed by atoms with E-state index in [0.29, 0.717) is 81.0 Å². The highest BCUT2D eigenvalue weighted by Crippen LogP contribution is 2.55. The van der Waals surface area contributed by atoms with E-state index in [2.05, 4.69) is 91.5 Å². The van der Waals surface area contributed by atoms with Crippen molar-refractivity contribution in [2.24, 2.45) is 5.41 Å². The van der Waals surface area contributed by atoms with Gasteiger partial charge in [0.1, 0.15) is 24.0 Å². The second kappa shape index (κ2) is 20.3. The SMILES string of the molecule is CC#CC(C)(C)c1ccccc1[C@@H]1CCCN1C1CC2(CCN(c3ccc(C(=O)NS(=O)(=O)c4cc5c(c([N+](=O)[O-])c4)N[C@H]([C@H]4CN(C6COC6)[C@H](C)CO4)CO5)c(N4c5cc6cc[nH]c6nc5O[C@H]5COCC[C@H]54)c3)CC2)C1. The van der Waals surface area contributed by atoms with E-state index in [1.54, 1.807) is 6.07 Å². The Bertz CT molecular complexity index is 3370. The van der Waals surface area contributed by atoms with Crippen LogP contribution in [0.4, 0.5) is 28.4 Å². The molecule has 3 aromatic carbocycles. The number of H-pyrrole nitrogens is 1. The number of fused-ring (bicyclic) bond motifs is 4. The average molecular weight is 1100 g/mol. The summed E-state index contributed by atoms with van der Waals surface area (Å²) < 4.78 is 61.6. The van der Waals surface area contributed by atoms with E-state index in [1.807, 2.05) is 37.4 Å². The van der Waals surface area contributed by atoms with Crippen LogP contribution in [0.1, 0.15) is 100 Å². The van der Waals surface area contributed by atoms with Gasteiger partial charge in [0.25, 0.3) is 21.6 Å². The molecule has 79 heavy (non-hydrogen) atoms. The Morgan fingerprint density at radius 2 is 1.75 bits per heavy atom. The van der Waals surface area contributed by atoms with E-state index in [9.17, 15) is 23.3 Å². The molecular weight excluding hydrogens is 1030 g/mol. The summed E-state index contributed by atoms with van der Waals surface area (Å²) in [6.45, 7) is 14.4. The van der Waals surface area contributed by atoms with Crippen molar-refractivity contribution in [2.75, 3.05) is 80.9 Å². The summed E-state index contributed by atoms with van der Waals surface area (Å²) in [7, 11) is -4.74. The molecule has 2 aromatic heterocycles. The summed E-state index contributed by atoms with van der Waals surface area (Å²) >= 11 is 0. The highest BCUT2D eigenvalue weighted by molar-refractivity contribution is 7.90. The summed E-state index contributed by atoms with van der Waals surface area (Å²) in [5.41, 5.74) is 5.06. The third kappa shape index (κ3) is 9.43. The Balaban J connectivity index is 0.774. The molecule has 9 heterocycles. The maximum atomic E-state index is 14.9. The van der Waals surface area contributed by atoms with Gasteiger partial charge in [0.05, 0.1) is 77.1 Å². The first-order valence-corrected chi connectivity index (χ1v) is 29.6. The van der Waals surface area contributed by atoms with Crippen LogP contribution in [0.3, 0.4) is 0 Å². The first-order chi connectivity index (χ1) is 38.2. The van der Waals surface area contributed by atoms with Gasteiger partial charge in [0.2, 0.25) is 5.88 Å². The van der Waals surface area contributed by atoms with Crippen molar-refractivity contribution in [3.05, 3.63) is 99.7 Å². The number of anilines is 4. The molecule has 0 unspecified atom stereocenters. The molecule has 6 fully saturated rings.